The molecule has 2 aromatic rings. The molecule has 1 N–H and O–H groups in total. The fourth-order valence-corrected chi connectivity index (χ4v) is 1.24. The summed E-state index contributed by atoms with van der Waals surface area (Å²) in [6, 6.07) is 4.18. The lowest BCUT2D eigenvalue weighted by Gasteiger charge is -2.03. The molecule has 2 rings (SSSR count). The van der Waals surface area contributed by atoms with Crippen molar-refractivity contribution in [1.82, 2.24) is 25.5 Å². The number of nitrogens with one attached hydrogen (secondary N) is 1. The SMILES string of the molecule is CNC(On1nnc2cccnc21)=[N+](C)C. The van der Waals surface area contributed by atoms with Crippen molar-refractivity contribution >= 4 is 17.2 Å². The molecule has 0 atom stereocenters. The third-order valence-corrected chi connectivity index (χ3v) is 1.97. The molecule has 2 heterocycles. The van der Waals surface area contributed by atoms with E-state index in [0.29, 0.717) is 17.2 Å². The molecule has 0 aliphatic carbocycles. The maximum absolute atomic E-state index is 5.49. The van der Waals surface area contributed by atoms with Gasteiger partial charge in [-0.2, -0.15) is 0 Å². The van der Waals surface area contributed by atoms with E-state index in [0.717, 1.165) is 0 Å². The van der Waals surface area contributed by atoms with Gasteiger partial charge in [0.1, 0.15) is 5.52 Å². The van der Waals surface area contributed by atoms with Crippen molar-refractivity contribution in [2.24, 2.45) is 0 Å². The highest BCUT2D eigenvalue weighted by atomic mass is 16.7. The Hall–Kier alpha value is -2.18. The molecule has 0 saturated carbocycles. The summed E-state index contributed by atoms with van der Waals surface area (Å²) < 4.78 is 1.79. The lowest BCUT2D eigenvalue weighted by Crippen LogP contribution is -2.37. The average molecular weight is 221 g/mol. The number of aromatic nitrogens is 4. The van der Waals surface area contributed by atoms with E-state index in [4.69, 9.17) is 4.84 Å². The first-order chi connectivity index (χ1) is 7.72. The van der Waals surface area contributed by atoms with Gasteiger partial charge in [-0.15, -0.1) is 5.10 Å². The summed E-state index contributed by atoms with van der Waals surface area (Å²) in [4.78, 5) is 10.9. The zero-order valence-electron chi connectivity index (χ0n) is 9.38. The minimum atomic E-state index is 0.553. The van der Waals surface area contributed by atoms with Crippen LogP contribution in [0.4, 0.5) is 0 Å². The quantitative estimate of drug-likeness (QED) is 0.384. The zero-order valence-corrected chi connectivity index (χ0v) is 9.38. The summed E-state index contributed by atoms with van der Waals surface area (Å²) in [5.74, 6) is 0. The van der Waals surface area contributed by atoms with Gasteiger partial charge in [0.15, 0.2) is 0 Å². The maximum Gasteiger partial charge on any atom is 0.470 e. The Balaban J connectivity index is 2.38. The Morgan fingerprint density at radius 2 is 2.31 bits per heavy atom. The van der Waals surface area contributed by atoms with Gasteiger partial charge in [-0.25, -0.2) is 14.9 Å². The van der Waals surface area contributed by atoms with Crippen LogP contribution in [-0.2, 0) is 0 Å². The third-order valence-electron chi connectivity index (χ3n) is 1.97. The molecule has 16 heavy (non-hydrogen) atoms. The van der Waals surface area contributed by atoms with E-state index >= 15 is 0 Å². The van der Waals surface area contributed by atoms with Crippen LogP contribution in [0.25, 0.3) is 11.2 Å². The number of fused-ring (bicyclic) bond motifs is 1. The minimum Gasteiger partial charge on any atom is -0.277 e. The fraction of sp³-hybridized carbons (Fsp3) is 0.333. The molecule has 0 spiro atoms. The van der Waals surface area contributed by atoms with E-state index < -0.39 is 0 Å². The van der Waals surface area contributed by atoms with Crippen molar-refractivity contribution in [3.8, 4) is 0 Å². The highest BCUT2D eigenvalue weighted by molar-refractivity contribution is 5.71. The first kappa shape index (κ1) is 10.3. The van der Waals surface area contributed by atoms with Gasteiger partial charge >= 0.3 is 6.02 Å². The summed E-state index contributed by atoms with van der Waals surface area (Å²) in [6.07, 6.45) is 1.67. The normalized spacial score (nSPS) is 10.2. The van der Waals surface area contributed by atoms with Crippen molar-refractivity contribution in [3.05, 3.63) is 18.3 Å². The van der Waals surface area contributed by atoms with Crippen LogP contribution in [0.1, 0.15) is 0 Å². The Kier molecular flexibility index (Phi) is 2.67. The Morgan fingerprint density at radius 3 is 3.00 bits per heavy atom. The van der Waals surface area contributed by atoms with E-state index in [2.05, 4.69) is 20.6 Å². The molecule has 0 radical (unpaired) electrons. The van der Waals surface area contributed by atoms with E-state index in [1.54, 1.807) is 23.9 Å². The second-order valence-corrected chi connectivity index (χ2v) is 3.35. The van der Waals surface area contributed by atoms with Crippen molar-refractivity contribution < 1.29 is 9.41 Å². The van der Waals surface area contributed by atoms with Crippen LogP contribution in [0.2, 0.25) is 0 Å². The van der Waals surface area contributed by atoms with Gasteiger partial charge in [-0.1, -0.05) is 0 Å². The summed E-state index contributed by atoms with van der Waals surface area (Å²) >= 11 is 0. The van der Waals surface area contributed by atoms with Gasteiger partial charge in [0.05, 0.1) is 21.1 Å². The number of pyridine rings is 1. The zero-order chi connectivity index (χ0) is 11.5. The summed E-state index contributed by atoms with van der Waals surface area (Å²) in [5, 5.41) is 10.7. The molecule has 0 amide bonds. The summed E-state index contributed by atoms with van der Waals surface area (Å²) in [5.41, 5.74) is 1.27. The standard InChI is InChI=1S/C9H12N6O/c1-10-9(14(2)3)16-15-8-7(12-13-15)5-4-6-11-8/h4-6H,1-3H3/p+1. The number of amidine groups is 1. The van der Waals surface area contributed by atoms with Crippen LogP contribution in [0.15, 0.2) is 18.3 Å². The second kappa shape index (κ2) is 4.13. The van der Waals surface area contributed by atoms with E-state index in [1.165, 1.54) is 4.85 Å². The molecular formula is C9H13N6O+. The van der Waals surface area contributed by atoms with Gasteiger partial charge in [0, 0.05) is 6.20 Å². The topological polar surface area (TPSA) is 67.9 Å². The second-order valence-electron chi connectivity index (χ2n) is 3.35. The van der Waals surface area contributed by atoms with Crippen molar-refractivity contribution in [3.63, 3.8) is 0 Å². The Morgan fingerprint density at radius 1 is 1.50 bits per heavy atom. The fourth-order valence-electron chi connectivity index (χ4n) is 1.24. The first-order valence-corrected chi connectivity index (χ1v) is 4.79. The molecular weight excluding hydrogens is 208 g/mol. The number of rotatable bonds is 1. The van der Waals surface area contributed by atoms with Crippen LogP contribution in [-0.4, -0.2) is 51.9 Å². The lowest BCUT2D eigenvalue weighted by molar-refractivity contribution is -0.476. The largest absolute Gasteiger partial charge is 0.470 e. The predicted octanol–water partition coefficient (Wildman–Crippen LogP) is -0.898. The molecule has 0 fully saturated rings. The van der Waals surface area contributed by atoms with Gasteiger partial charge < -0.3 is 0 Å². The van der Waals surface area contributed by atoms with Crippen LogP contribution in [0.5, 0.6) is 0 Å². The van der Waals surface area contributed by atoms with Gasteiger partial charge in [0.2, 0.25) is 5.65 Å². The van der Waals surface area contributed by atoms with Crippen molar-refractivity contribution in [1.29, 1.82) is 0 Å². The Bertz CT molecular complexity index is 528. The molecule has 0 unspecified atom stereocenters. The average Bonchev–Trinajstić information content (AvgIpc) is 2.69. The van der Waals surface area contributed by atoms with Crippen molar-refractivity contribution in [2.75, 3.05) is 21.1 Å². The van der Waals surface area contributed by atoms with Gasteiger partial charge in [-0.3, -0.25) is 4.84 Å². The van der Waals surface area contributed by atoms with Crippen LogP contribution >= 0.6 is 0 Å². The predicted molar refractivity (Wildman–Crippen MR) is 58.1 cm³/mol. The molecule has 7 nitrogen and oxygen atoms in total. The van der Waals surface area contributed by atoms with Crippen LogP contribution < -0.4 is 10.2 Å². The number of nitrogens with zero attached hydrogens (tertiary/aromatic N) is 5. The van der Waals surface area contributed by atoms with Gasteiger partial charge in [-0.05, 0) is 22.2 Å². The molecule has 0 aliphatic rings. The number of hydrogen-bond acceptors (Lipinski definition) is 4. The highest BCUT2D eigenvalue weighted by Gasteiger charge is 2.12. The Labute approximate surface area is 92.3 Å². The lowest BCUT2D eigenvalue weighted by atomic mass is 10.4. The van der Waals surface area contributed by atoms with E-state index in [-0.39, 0.29) is 0 Å². The van der Waals surface area contributed by atoms with Crippen LogP contribution in [0.3, 0.4) is 0 Å². The monoisotopic (exact) mass is 221 g/mol. The third kappa shape index (κ3) is 1.79. The molecule has 0 aromatic carbocycles. The highest BCUT2D eigenvalue weighted by Crippen LogP contribution is 2.03. The molecule has 84 valence electrons. The molecule has 2 aromatic heterocycles. The molecule has 7 heteroatoms. The summed E-state index contributed by atoms with van der Waals surface area (Å²) in [6.45, 7) is 0. The number of hydrogen-bond donors (Lipinski definition) is 1. The van der Waals surface area contributed by atoms with Crippen LogP contribution in [0, 0.1) is 0 Å². The minimum absolute atomic E-state index is 0.553. The van der Waals surface area contributed by atoms with E-state index in [1.807, 2.05) is 20.2 Å². The molecule has 0 bridgehead atoms. The smallest absolute Gasteiger partial charge is 0.277 e. The molecule has 0 saturated heterocycles. The maximum atomic E-state index is 5.49. The molecule has 0 aliphatic heterocycles. The van der Waals surface area contributed by atoms with E-state index in [9.17, 15) is 0 Å². The van der Waals surface area contributed by atoms with Gasteiger partial charge in [0.25, 0.3) is 0 Å². The first-order valence-electron chi connectivity index (χ1n) is 4.79. The summed E-state index contributed by atoms with van der Waals surface area (Å²) in [7, 11) is 5.48. The van der Waals surface area contributed by atoms with Crippen molar-refractivity contribution in [2.45, 2.75) is 0 Å².